The molecule has 0 bridgehead atoms. The second-order valence-corrected chi connectivity index (χ2v) is 5.55. The van der Waals surface area contributed by atoms with Gasteiger partial charge in [0, 0.05) is 7.11 Å². The summed E-state index contributed by atoms with van der Waals surface area (Å²) in [6.45, 7) is 4.05. The Morgan fingerprint density at radius 1 is 1.00 bits per heavy atom. The van der Waals surface area contributed by atoms with Crippen molar-refractivity contribution < 1.29 is 20.1 Å². The van der Waals surface area contributed by atoms with E-state index in [1.807, 2.05) is 32.1 Å². The van der Waals surface area contributed by atoms with Crippen LogP contribution in [0.1, 0.15) is 16.7 Å². The van der Waals surface area contributed by atoms with Gasteiger partial charge in [0.1, 0.15) is 24.4 Å². The number of hydrogen-bond donors (Lipinski definition) is 3. The molecule has 0 spiro atoms. The standard InChI is InChI=1S/C17H22O4/c1-10-6-11(2)8-12(7-10)4-5-13-9-14(18)17(21-3)16(20)15(13)19/h4-9,14-20H,1-3H3/b5-4-/t14-,15-,16-,17-/m1/s1. The molecule has 1 aliphatic carbocycles. The maximum absolute atomic E-state index is 10.1. The quantitative estimate of drug-likeness (QED) is 0.786. The van der Waals surface area contributed by atoms with Gasteiger partial charge in [-0.25, -0.2) is 0 Å². The van der Waals surface area contributed by atoms with Gasteiger partial charge in [-0.05, 0) is 31.1 Å². The first-order valence-corrected chi connectivity index (χ1v) is 6.97. The van der Waals surface area contributed by atoms with E-state index in [1.165, 1.54) is 13.2 Å². The number of hydrogen-bond acceptors (Lipinski definition) is 4. The fourth-order valence-corrected chi connectivity index (χ4v) is 2.70. The van der Waals surface area contributed by atoms with Crippen LogP contribution < -0.4 is 0 Å². The van der Waals surface area contributed by atoms with Crippen molar-refractivity contribution in [2.45, 2.75) is 38.3 Å². The molecule has 0 radical (unpaired) electrons. The number of aliphatic hydroxyl groups is 3. The highest BCUT2D eigenvalue weighted by Crippen LogP contribution is 2.24. The molecule has 0 aliphatic heterocycles. The molecular weight excluding hydrogens is 268 g/mol. The van der Waals surface area contributed by atoms with Crippen molar-refractivity contribution in [3.05, 3.63) is 52.6 Å². The van der Waals surface area contributed by atoms with Crippen LogP contribution in [0.25, 0.3) is 6.08 Å². The molecule has 4 nitrogen and oxygen atoms in total. The zero-order chi connectivity index (χ0) is 15.6. The lowest BCUT2D eigenvalue weighted by atomic mass is 9.89. The molecule has 0 saturated heterocycles. The summed E-state index contributed by atoms with van der Waals surface area (Å²) in [5, 5.41) is 29.9. The largest absolute Gasteiger partial charge is 0.387 e. The molecule has 2 rings (SSSR count). The molecule has 0 aromatic heterocycles. The fourth-order valence-electron chi connectivity index (χ4n) is 2.70. The lowest BCUT2D eigenvalue weighted by Crippen LogP contribution is -2.49. The van der Waals surface area contributed by atoms with E-state index in [9.17, 15) is 15.3 Å². The van der Waals surface area contributed by atoms with Gasteiger partial charge >= 0.3 is 0 Å². The predicted molar refractivity (Wildman–Crippen MR) is 81.9 cm³/mol. The summed E-state index contributed by atoms with van der Waals surface area (Å²) < 4.78 is 5.00. The predicted octanol–water partition coefficient (Wildman–Crippen LogP) is 1.35. The first kappa shape index (κ1) is 15.9. The van der Waals surface area contributed by atoms with Crippen LogP contribution in [-0.4, -0.2) is 46.8 Å². The van der Waals surface area contributed by atoms with Gasteiger partial charge < -0.3 is 20.1 Å². The van der Waals surface area contributed by atoms with Gasteiger partial charge in [0.05, 0.1) is 0 Å². The van der Waals surface area contributed by atoms with Crippen molar-refractivity contribution in [1.82, 2.24) is 0 Å². The van der Waals surface area contributed by atoms with E-state index in [4.69, 9.17) is 4.74 Å². The van der Waals surface area contributed by atoms with Crippen molar-refractivity contribution >= 4 is 6.08 Å². The van der Waals surface area contributed by atoms with E-state index < -0.39 is 24.4 Å². The van der Waals surface area contributed by atoms with E-state index in [1.54, 1.807) is 6.08 Å². The van der Waals surface area contributed by atoms with Gasteiger partial charge in [0.25, 0.3) is 0 Å². The number of benzene rings is 1. The molecule has 4 heteroatoms. The van der Waals surface area contributed by atoms with Crippen LogP contribution in [-0.2, 0) is 4.74 Å². The molecule has 1 aliphatic rings. The van der Waals surface area contributed by atoms with Gasteiger partial charge in [-0.3, -0.25) is 0 Å². The van der Waals surface area contributed by atoms with Crippen LogP contribution in [0.3, 0.4) is 0 Å². The maximum Gasteiger partial charge on any atom is 0.115 e. The Kier molecular flexibility index (Phi) is 4.96. The van der Waals surface area contributed by atoms with Gasteiger partial charge in [-0.1, -0.05) is 41.5 Å². The summed E-state index contributed by atoms with van der Waals surface area (Å²) in [6, 6.07) is 6.15. The van der Waals surface area contributed by atoms with E-state index in [2.05, 4.69) is 6.07 Å². The van der Waals surface area contributed by atoms with Crippen LogP contribution >= 0.6 is 0 Å². The minimum absolute atomic E-state index is 0.488. The topological polar surface area (TPSA) is 69.9 Å². The van der Waals surface area contributed by atoms with Gasteiger partial charge in [-0.2, -0.15) is 0 Å². The second-order valence-electron chi connectivity index (χ2n) is 5.55. The minimum Gasteiger partial charge on any atom is -0.387 e. The Morgan fingerprint density at radius 3 is 2.19 bits per heavy atom. The average Bonchev–Trinajstić information content (AvgIpc) is 2.41. The van der Waals surface area contributed by atoms with Crippen molar-refractivity contribution in [2.24, 2.45) is 0 Å². The van der Waals surface area contributed by atoms with Gasteiger partial charge in [0.15, 0.2) is 0 Å². The highest BCUT2D eigenvalue weighted by atomic mass is 16.5. The molecule has 1 aromatic rings. The number of aryl methyl sites for hydroxylation is 2. The monoisotopic (exact) mass is 290 g/mol. The Labute approximate surface area is 125 Å². The SMILES string of the molecule is CO[C@H]1[C@H](O)[C@H](O)C(/C=C\c2cc(C)cc(C)c2)=C[C@H]1O. The van der Waals surface area contributed by atoms with E-state index in [-0.39, 0.29) is 0 Å². The summed E-state index contributed by atoms with van der Waals surface area (Å²) in [7, 11) is 1.40. The fraction of sp³-hybridized carbons (Fsp3) is 0.412. The van der Waals surface area contributed by atoms with Gasteiger partial charge in [0.2, 0.25) is 0 Å². The summed E-state index contributed by atoms with van der Waals surface area (Å²) in [6.07, 6.45) is 1.14. The molecule has 0 unspecified atom stereocenters. The number of rotatable bonds is 3. The lowest BCUT2D eigenvalue weighted by molar-refractivity contribution is -0.108. The summed E-state index contributed by atoms with van der Waals surface area (Å²) >= 11 is 0. The van der Waals surface area contributed by atoms with Crippen molar-refractivity contribution in [2.75, 3.05) is 7.11 Å². The normalized spacial score (nSPS) is 29.7. The smallest absolute Gasteiger partial charge is 0.115 e. The molecule has 114 valence electrons. The number of aliphatic hydroxyl groups excluding tert-OH is 3. The molecule has 1 aromatic carbocycles. The third-order valence-corrected chi connectivity index (χ3v) is 3.69. The average molecular weight is 290 g/mol. The minimum atomic E-state index is -1.14. The molecule has 0 fully saturated rings. The number of methoxy groups -OCH3 is 1. The van der Waals surface area contributed by atoms with Gasteiger partial charge in [-0.15, -0.1) is 0 Å². The third kappa shape index (κ3) is 3.60. The van der Waals surface area contributed by atoms with E-state index in [0.717, 1.165) is 16.7 Å². The van der Waals surface area contributed by atoms with Crippen LogP contribution in [0.5, 0.6) is 0 Å². The first-order chi connectivity index (χ1) is 9.92. The lowest BCUT2D eigenvalue weighted by Gasteiger charge is -2.33. The van der Waals surface area contributed by atoms with Crippen LogP contribution in [0, 0.1) is 13.8 Å². The molecule has 0 heterocycles. The summed E-state index contributed by atoms with van der Waals surface area (Å²) in [5.41, 5.74) is 3.82. The Hall–Kier alpha value is -1.46. The van der Waals surface area contributed by atoms with Crippen molar-refractivity contribution in [1.29, 1.82) is 0 Å². The highest BCUT2D eigenvalue weighted by molar-refractivity contribution is 5.56. The first-order valence-electron chi connectivity index (χ1n) is 6.97. The van der Waals surface area contributed by atoms with Crippen molar-refractivity contribution in [3.63, 3.8) is 0 Å². The third-order valence-electron chi connectivity index (χ3n) is 3.69. The Balaban J connectivity index is 2.23. The molecule has 3 N–H and O–H groups in total. The molecule has 0 saturated carbocycles. The van der Waals surface area contributed by atoms with E-state index >= 15 is 0 Å². The Bertz CT molecular complexity index is 542. The highest BCUT2D eigenvalue weighted by Gasteiger charge is 2.36. The van der Waals surface area contributed by atoms with Crippen LogP contribution in [0.15, 0.2) is 35.9 Å². The molecule has 0 amide bonds. The van der Waals surface area contributed by atoms with Crippen LogP contribution in [0.2, 0.25) is 0 Å². The zero-order valence-corrected chi connectivity index (χ0v) is 12.5. The van der Waals surface area contributed by atoms with Crippen LogP contribution in [0.4, 0.5) is 0 Å². The second kappa shape index (κ2) is 6.54. The summed E-state index contributed by atoms with van der Waals surface area (Å²) in [4.78, 5) is 0. The zero-order valence-electron chi connectivity index (χ0n) is 12.5. The summed E-state index contributed by atoms with van der Waals surface area (Å²) in [5.74, 6) is 0. The van der Waals surface area contributed by atoms with Crippen molar-refractivity contribution in [3.8, 4) is 0 Å². The number of ether oxygens (including phenoxy) is 1. The molecule has 21 heavy (non-hydrogen) atoms. The Morgan fingerprint density at radius 2 is 1.62 bits per heavy atom. The maximum atomic E-state index is 10.1. The molecule has 4 atom stereocenters. The van der Waals surface area contributed by atoms with E-state index in [0.29, 0.717) is 5.57 Å². The molecular formula is C17H22O4.